The highest BCUT2D eigenvalue weighted by Crippen LogP contribution is 2.23. The van der Waals surface area contributed by atoms with Crippen LogP contribution in [-0.2, 0) is 0 Å². The third kappa shape index (κ3) is 3.46. The van der Waals surface area contributed by atoms with E-state index in [4.69, 9.17) is 0 Å². The maximum Gasteiger partial charge on any atom is 0.274 e. The molecule has 2 rings (SSSR count). The minimum Gasteiger partial charge on any atom is -0.322 e. The van der Waals surface area contributed by atoms with Crippen molar-refractivity contribution in [2.45, 2.75) is 13.8 Å². The fourth-order valence-corrected chi connectivity index (χ4v) is 2.20. The normalized spacial score (nSPS) is 10.2. The summed E-state index contributed by atoms with van der Waals surface area (Å²) in [6, 6.07) is 9.86. The van der Waals surface area contributed by atoms with E-state index < -0.39 is 4.92 Å². The molecule has 0 aliphatic heterocycles. The molecule has 0 atom stereocenters. The number of halogens is 1. The number of amides is 1. The molecule has 0 saturated heterocycles. The number of carbonyl (C=O) groups excluding carboxylic acids is 1. The largest absolute Gasteiger partial charge is 0.322 e. The fraction of sp³-hybridized carbons (Fsp3) is 0.133. The van der Waals surface area contributed by atoms with Gasteiger partial charge in [0.25, 0.3) is 11.6 Å². The second-order valence-electron chi connectivity index (χ2n) is 4.68. The topological polar surface area (TPSA) is 72.2 Å². The minimum atomic E-state index is -0.465. The maximum absolute atomic E-state index is 12.1. The lowest BCUT2D eigenvalue weighted by atomic mass is 10.1. The average molecular weight is 349 g/mol. The van der Waals surface area contributed by atoms with E-state index in [1.54, 1.807) is 31.2 Å². The van der Waals surface area contributed by atoms with E-state index in [1.807, 2.05) is 13.0 Å². The standard InChI is InChI=1S/C15H13BrN2O3/c1-9-3-5-11(7-13(9)16)15(19)17-12-6-4-10(2)14(8-12)18(20)21/h3-8H,1-2H3,(H,17,19). The molecule has 0 aliphatic carbocycles. The summed E-state index contributed by atoms with van der Waals surface area (Å²) in [6.45, 7) is 3.58. The zero-order chi connectivity index (χ0) is 15.6. The van der Waals surface area contributed by atoms with Crippen LogP contribution in [0.15, 0.2) is 40.9 Å². The van der Waals surface area contributed by atoms with Gasteiger partial charge < -0.3 is 5.32 Å². The minimum absolute atomic E-state index is 0.0158. The van der Waals surface area contributed by atoms with Crippen molar-refractivity contribution >= 4 is 33.2 Å². The number of aryl methyl sites for hydroxylation is 2. The summed E-state index contributed by atoms with van der Waals surface area (Å²) in [4.78, 5) is 22.6. The molecule has 108 valence electrons. The van der Waals surface area contributed by atoms with E-state index >= 15 is 0 Å². The van der Waals surface area contributed by atoms with Gasteiger partial charge in [0.2, 0.25) is 0 Å². The molecule has 0 saturated carbocycles. The highest BCUT2D eigenvalue weighted by Gasteiger charge is 2.13. The number of hydrogen-bond donors (Lipinski definition) is 1. The number of anilines is 1. The Morgan fingerprint density at radius 1 is 1.14 bits per heavy atom. The van der Waals surface area contributed by atoms with Crippen molar-refractivity contribution in [2.24, 2.45) is 0 Å². The summed E-state index contributed by atoms with van der Waals surface area (Å²) < 4.78 is 0.838. The smallest absolute Gasteiger partial charge is 0.274 e. The van der Waals surface area contributed by atoms with Gasteiger partial charge in [-0.05, 0) is 37.6 Å². The summed E-state index contributed by atoms with van der Waals surface area (Å²) in [7, 11) is 0. The second kappa shape index (κ2) is 6.05. The van der Waals surface area contributed by atoms with E-state index in [-0.39, 0.29) is 11.6 Å². The Morgan fingerprint density at radius 2 is 1.81 bits per heavy atom. The summed E-state index contributed by atoms with van der Waals surface area (Å²) >= 11 is 3.37. The molecule has 21 heavy (non-hydrogen) atoms. The number of nitrogens with zero attached hydrogens (tertiary/aromatic N) is 1. The molecule has 5 nitrogen and oxygen atoms in total. The first-order chi connectivity index (χ1) is 9.88. The zero-order valence-electron chi connectivity index (χ0n) is 11.5. The van der Waals surface area contributed by atoms with Gasteiger partial charge in [0, 0.05) is 27.4 Å². The van der Waals surface area contributed by atoms with Gasteiger partial charge in [-0.15, -0.1) is 0 Å². The monoisotopic (exact) mass is 348 g/mol. The first-order valence-corrected chi connectivity index (χ1v) is 7.00. The number of hydrogen-bond acceptors (Lipinski definition) is 3. The average Bonchev–Trinajstić information content (AvgIpc) is 2.43. The van der Waals surface area contributed by atoms with Gasteiger partial charge in [-0.25, -0.2) is 0 Å². The Labute approximate surface area is 130 Å². The van der Waals surface area contributed by atoms with Gasteiger partial charge in [0.1, 0.15) is 0 Å². The van der Waals surface area contributed by atoms with Gasteiger partial charge in [0.05, 0.1) is 4.92 Å². The summed E-state index contributed by atoms with van der Waals surface area (Å²) in [5.41, 5.74) is 2.44. The van der Waals surface area contributed by atoms with Crippen LogP contribution in [0.5, 0.6) is 0 Å². The van der Waals surface area contributed by atoms with Crippen molar-refractivity contribution in [1.82, 2.24) is 0 Å². The van der Waals surface area contributed by atoms with Crippen LogP contribution < -0.4 is 5.32 Å². The van der Waals surface area contributed by atoms with Crippen molar-refractivity contribution in [3.63, 3.8) is 0 Å². The summed E-state index contributed by atoms with van der Waals surface area (Å²) in [5, 5.41) is 13.6. The molecule has 1 amide bonds. The van der Waals surface area contributed by atoms with Gasteiger partial charge in [-0.1, -0.05) is 28.1 Å². The fourth-order valence-electron chi connectivity index (χ4n) is 1.82. The highest BCUT2D eigenvalue weighted by molar-refractivity contribution is 9.10. The van der Waals surface area contributed by atoms with Crippen LogP contribution in [0.3, 0.4) is 0 Å². The van der Waals surface area contributed by atoms with E-state index in [2.05, 4.69) is 21.2 Å². The number of carbonyl (C=O) groups is 1. The molecule has 0 bridgehead atoms. The first kappa shape index (κ1) is 15.2. The third-order valence-corrected chi connectivity index (χ3v) is 3.95. The first-order valence-electron chi connectivity index (χ1n) is 6.21. The van der Waals surface area contributed by atoms with Crippen LogP contribution in [0, 0.1) is 24.0 Å². The molecule has 2 aromatic carbocycles. The van der Waals surface area contributed by atoms with E-state index in [1.165, 1.54) is 6.07 Å². The van der Waals surface area contributed by atoms with Crippen LogP contribution in [0.25, 0.3) is 0 Å². The van der Waals surface area contributed by atoms with Crippen molar-refractivity contribution in [3.8, 4) is 0 Å². The number of nitro benzene ring substituents is 1. The molecule has 0 aliphatic rings. The Hall–Kier alpha value is -2.21. The van der Waals surface area contributed by atoms with E-state index in [9.17, 15) is 14.9 Å². The quantitative estimate of drug-likeness (QED) is 0.666. The molecular weight excluding hydrogens is 336 g/mol. The van der Waals surface area contributed by atoms with Gasteiger partial charge in [0.15, 0.2) is 0 Å². The van der Waals surface area contributed by atoms with Crippen LogP contribution in [0.1, 0.15) is 21.5 Å². The van der Waals surface area contributed by atoms with Crippen molar-refractivity contribution in [2.75, 3.05) is 5.32 Å². The summed E-state index contributed by atoms with van der Waals surface area (Å²) in [5.74, 6) is -0.311. The van der Waals surface area contributed by atoms with Crippen LogP contribution in [0.2, 0.25) is 0 Å². The van der Waals surface area contributed by atoms with Crippen molar-refractivity contribution in [3.05, 3.63) is 67.7 Å². The van der Waals surface area contributed by atoms with Gasteiger partial charge >= 0.3 is 0 Å². The Balaban J connectivity index is 2.25. The Kier molecular flexibility index (Phi) is 4.37. The van der Waals surface area contributed by atoms with E-state index in [0.29, 0.717) is 16.8 Å². The molecule has 0 spiro atoms. The van der Waals surface area contributed by atoms with Crippen LogP contribution >= 0.6 is 15.9 Å². The summed E-state index contributed by atoms with van der Waals surface area (Å²) in [6.07, 6.45) is 0. The van der Waals surface area contributed by atoms with Crippen LogP contribution in [-0.4, -0.2) is 10.8 Å². The number of nitro groups is 1. The molecule has 0 heterocycles. The predicted molar refractivity (Wildman–Crippen MR) is 84.7 cm³/mol. The zero-order valence-corrected chi connectivity index (χ0v) is 13.1. The molecule has 0 radical (unpaired) electrons. The molecule has 0 unspecified atom stereocenters. The Bertz CT molecular complexity index is 729. The highest BCUT2D eigenvalue weighted by atomic mass is 79.9. The number of benzene rings is 2. The van der Waals surface area contributed by atoms with Gasteiger partial charge in [-0.2, -0.15) is 0 Å². The molecular formula is C15H13BrN2O3. The molecule has 0 fully saturated rings. The van der Waals surface area contributed by atoms with Crippen LogP contribution in [0.4, 0.5) is 11.4 Å². The maximum atomic E-state index is 12.1. The van der Waals surface area contributed by atoms with Crippen molar-refractivity contribution in [1.29, 1.82) is 0 Å². The van der Waals surface area contributed by atoms with Gasteiger partial charge in [-0.3, -0.25) is 14.9 Å². The molecule has 0 aromatic heterocycles. The number of rotatable bonds is 3. The van der Waals surface area contributed by atoms with E-state index in [0.717, 1.165) is 10.0 Å². The lowest BCUT2D eigenvalue weighted by Crippen LogP contribution is -2.12. The third-order valence-electron chi connectivity index (χ3n) is 3.10. The predicted octanol–water partition coefficient (Wildman–Crippen LogP) is 4.23. The van der Waals surface area contributed by atoms with Crippen molar-refractivity contribution < 1.29 is 9.72 Å². The lowest BCUT2D eigenvalue weighted by molar-refractivity contribution is -0.385. The molecule has 1 N–H and O–H groups in total. The lowest BCUT2D eigenvalue weighted by Gasteiger charge is -2.07. The SMILES string of the molecule is Cc1ccc(C(=O)Nc2ccc(C)c([N+](=O)[O-])c2)cc1Br. The second-order valence-corrected chi connectivity index (χ2v) is 5.53. The Morgan fingerprint density at radius 3 is 2.43 bits per heavy atom. The number of nitrogens with one attached hydrogen (secondary N) is 1. The molecule has 6 heteroatoms. The molecule has 2 aromatic rings.